The van der Waals surface area contributed by atoms with E-state index >= 15 is 0 Å². The number of nitro benzene ring substituents is 1. The van der Waals surface area contributed by atoms with E-state index < -0.39 is 22.4 Å². The first-order valence-electron chi connectivity index (χ1n) is 5.90. The number of carbonyl (C=O) groups excluding carboxylic acids is 1. The molecule has 0 amide bonds. The zero-order chi connectivity index (χ0) is 14.6. The van der Waals surface area contributed by atoms with Gasteiger partial charge in [-0.2, -0.15) is 0 Å². The van der Waals surface area contributed by atoms with Crippen molar-refractivity contribution in [1.29, 1.82) is 0 Å². The predicted octanol–water partition coefficient (Wildman–Crippen LogP) is 2.22. The van der Waals surface area contributed by atoms with Gasteiger partial charge in [0.15, 0.2) is 0 Å². The number of rotatable bonds is 5. The first kappa shape index (κ1) is 15.1. The number of ether oxygens (including phenoxy) is 1. The summed E-state index contributed by atoms with van der Waals surface area (Å²) < 4.78 is 4.90. The Labute approximate surface area is 111 Å². The summed E-state index contributed by atoms with van der Waals surface area (Å²) >= 11 is 0. The highest BCUT2D eigenvalue weighted by Gasteiger charge is 2.38. The minimum absolute atomic E-state index is 0.0649. The Morgan fingerprint density at radius 1 is 1.42 bits per heavy atom. The quantitative estimate of drug-likeness (QED) is 0.502. The first-order valence-corrected chi connectivity index (χ1v) is 5.90. The normalized spacial score (nSPS) is 12.8. The zero-order valence-electron chi connectivity index (χ0n) is 11.1. The Bertz CT molecular complexity index is 466. The van der Waals surface area contributed by atoms with Crippen molar-refractivity contribution in [2.75, 3.05) is 6.61 Å². The van der Waals surface area contributed by atoms with Crippen molar-refractivity contribution in [1.82, 2.24) is 0 Å². The number of aliphatic hydroxyl groups is 1. The maximum atomic E-state index is 11.8. The highest BCUT2D eigenvalue weighted by atomic mass is 16.6. The van der Waals surface area contributed by atoms with E-state index in [4.69, 9.17) is 4.74 Å². The van der Waals surface area contributed by atoms with Gasteiger partial charge in [0.25, 0.3) is 5.69 Å². The smallest absolute Gasteiger partial charge is 0.314 e. The maximum Gasteiger partial charge on any atom is 0.314 e. The molecule has 0 saturated carbocycles. The Kier molecular flexibility index (Phi) is 4.61. The van der Waals surface area contributed by atoms with Crippen LogP contribution in [0.1, 0.15) is 32.4 Å². The largest absolute Gasteiger partial charge is 0.465 e. The highest BCUT2D eigenvalue weighted by Crippen LogP contribution is 2.35. The molecule has 1 aromatic rings. The molecule has 1 N–H and O–H groups in total. The van der Waals surface area contributed by atoms with Crippen LogP contribution in [0.4, 0.5) is 5.69 Å². The molecule has 0 aliphatic rings. The van der Waals surface area contributed by atoms with Crippen molar-refractivity contribution in [3.05, 3.63) is 39.9 Å². The molecule has 1 unspecified atom stereocenters. The van der Waals surface area contributed by atoms with Gasteiger partial charge < -0.3 is 9.84 Å². The van der Waals surface area contributed by atoms with Crippen LogP contribution in [0.3, 0.4) is 0 Å². The molecule has 0 aliphatic carbocycles. The molecule has 0 heterocycles. The summed E-state index contributed by atoms with van der Waals surface area (Å²) in [5.74, 6) is -0.513. The number of carbonyl (C=O) groups is 1. The Morgan fingerprint density at radius 3 is 2.37 bits per heavy atom. The average Bonchev–Trinajstić information content (AvgIpc) is 2.38. The van der Waals surface area contributed by atoms with E-state index in [-0.39, 0.29) is 12.3 Å². The second-order valence-corrected chi connectivity index (χ2v) is 4.69. The second kappa shape index (κ2) is 5.79. The molecular formula is C13H17NO5. The number of hydrogen-bond donors (Lipinski definition) is 1. The van der Waals surface area contributed by atoms with Crippen LogP contribution in [-0.2, 0) is 9.53 Å². The minimum atomic E-state index is -1.12. The van der Waals surface area contributed by atoms with Crippen molar-refractivity contribution in [3.63, 3.8) is 0 Å². The topological polar surface area (TPSA) is 89.7 Å². The SMILES string of the molecule is CCOC(=O)C(C)(C)C(O)c1ccc([N+](=O)[O-])cc1. The molecule has 0 aromatic heterocycles. The fourth-order valence-electron chi connectivity index (χ4n) is 1.62. The number of esters is 1. The summed E-state index contributed by atoms with van der Waals surface area (Å²) in [5.41, 5.74) is -0.750. The van der Waals surface area contributed by atoms with E-state index in [1.54, 1.807) is 20.8 Å². The van der Waals surface area contributed by atoms with Gasteiger partial charge in [-0.25, -0.2) is 0 Å². The number of aliphatic hydroxyl groups excluding tert-OH is 1. The standard InChI is InChI=1S/C13H17NO5/c1-4-19-12(16)13(2,3)11(15)9-5-7-10(8-6-9)14(17)18/h5-8,11,15H,4H2,1-3H3. The fraction of sp³-hybridized carbons (Fsp3) is 0.462. The lowest BCUT2D eigenvalue weighted by Gasteiger charge is -2.28. The monoisotopic (exact) mass is 267 g/mol. The van der Waals surface area contributed by atoms with Crippen LogP contribution in [-0.4, -0.2) is 22.6 Å². The number of hydrogen-bond acceptors (Lipinski definition) is 5. The third-order valence-electron chi connectivity index (χ3n) is 2.90. The van der Waals surface area contributed by atoms with E-state index in [0.29, 0.717) is 5.56 Å². The molecule has 0 spiro atoms. The summed E-state index contributed by atoms with van der Waals surface area (Å²) in [6.07, 6.45) is -1.09. The average molecular weight is 267 g/mol. The van der Waals surface area contributed by atoms with Crippen LogP contribution in [0.2, 0.25) is 0 Å². The third-order valence-corrected chi connectivity index (χ3v) is 2.90. The Balaban J connectivity index is 2.95. The summed E-state index contributed by atoms with van der Waals surface area (Å²) in [6, 6.07) is 5.45. The number of nitro groups is 1. The van der Waals surface area contributed by atoms with Crippen molar-refractivity contribution >= 4 is 11.7 Å². The molecule has 0 saturated heterocycles. The van der Waals surface area contributed by atoms with Crippen LogP contribution in [0.5, 0.6) is 0 Å². The summed E-state index contributed by atoms with van der Waals surface area (Å²) in [6.45, 7) is 5.05. The molecule has 1 atom stereocenters. The molecule has 1 aromatic carbocycles. The van der Waals surface area contributed by atoms with E-state index in [9.17, 15) is 20.0 Å². The van der Waals surface area contributed by atoms with Gasteiger partial charge in [0.1, 0.15) is 0 Å². The van der Waals surface area contributed by atoms with Crippen LogP contribution >= 0.6 is 0 Å². The van der Waals surface area contributed by atoms with Gasteiger partial charge in [0, 0.05) is 12.1 Å². The zero-order valence-corrected chi connectivity index (χ0v) is 11.1. The van der Waals surface area contributed by atoms with Crippen LogP contribution in [0.25, 0.3) is 0 Å². The Morgan fingerprint density at radius 2 is 1.95 bits per heavy atom. The summed E-state index contributed by atoms with van der Waals surface area (Å²) in [4.78, 5) is 21.8. The number of non-ortho nitro benzene ring substituents is 1. The Hall–Kier alpha value is -1.95. The molecule has 0 radical (unpaired) electrons. The van der Waals surface area contributed by atoms with Gasteiger partial charge in [0.2, 0.25) is 0 Å². The van der Waals surface area contributed by atoms with Crippen molar-refractivity contribution in [3.8, 4) is 0 Å². The van der Waals surface area contributed by atoms with Gasteiger partial charge >= 0.3 is 5.97 Å². The predicted molar refractivity (Wildman–Crippen MR) is 68.5 cm³/mol. The van der Waals surface area contributed by atoms with E-state index in [0.717, 1.165) is 0 Å². The molecule has 0 fully saturated rings. The molecule has 0 bridgehead atoms. The van der Waals surface area contributed by atoms with Gasteiger partial charge in [-0.1, -0.05) is 0 Å². The number of nitrogens with zero attached hydrogens (tertiary/aromatic N) is 1. The first-order chi connectivity index (χ1) is 8.80. The molecule has 0 aliphatic heterocycles. The minimum Gasteiger partial charge on any atom is -0.465 e. The fourth-order valence-corrected chi connectivity index (χ4v) is 1.62. The van der Waals surface area contributed by atoms with Gasteiger partial charge in [-0.05, 0) is 38.5 Å². The van der Waals surface area contributed by atoms with E-state index in [1.807, 2.05) is 0 Å². The van der Waals surface area contributed by atoms with Crippen LogP contribution in [0, 0.1) is 15.5 Å². The van der Waals surface area contributed by atoms with E-state index in [1.165, 1.54) is 24.3 Å². The lowest BCUT2D eigenvalue weighted by atomic mass is 9.82. The molecule has 6 heteroatoms. The molecule has 19 heavy (non-hydrogen) atoms. The van der Waals surface area contributed by atoms with Crippen molar-refractivity contribution in [2.45, 2.75) is 26.9 Å². The van der Waals surface area contributed by atoms with E-state index in [2.05, 4.69) is 0 Å². The summed E-state index contributed by atoms with van der Waals surface area (Å²) in [5, 5.41) is 20.7. The van der Waals surface area contributed by atoms with Crippen LogP contribution < -0.4 is 0 Å². The lowest BCUT2D eigenvalue weighted by molar-refractivity contribution is -0.384. The summed E-state index contributed by atoms with van der Waals surface area (Å²) in [7, 11) is 0. The van der Waals surface area contributed by atoms with Gasteiger partial charge in [-0.15, -0.1) is 0 Å². The van der Waals surface area contributed by atoms with Gasteiger partial charge in [0.05, 0.1) is 23.0 Å². The second-order valence-electron chi connectivity index (χ2n) is 4.69. The molecule has 1 rings (SSSR count). The van der Waals surface area contributed by atoms with Crippen molar-refractivity contribution < 1.29 is 19.6 Å². The number of benzene rings is 1. The molecule has 104 valence electrons. The third kappa shape index (κ3) is 3.29. The molecular weight excluding hydrogens is 250 g/mol. The molecule has 6 nitrogen and oxygen atoms in total. The van der Waals surface area contributed by atoms with Gasteiger partial charge in [-0.3, -0.25) is 14.9 Å². The maximum absolute atomic E-state index is 11.8. The lowest BCUT2D eigenvalue weighted by Crippen LogP contribution is -2.33. The van der Waals surface area contributed by atoms with Crippen molar-refractivity contribution in [2.24, 2.45) is 5.41 Å². The van der Waals surface area contributed by atoms with Crippen LogP contribution in [0.15, 0.2) is 24.3 Å². The highest BCUT2D eigenvalue weighted by molar-refractivity contribution is 5.77.